The van der Waals surface area contributed by atoms with Gasteiger partial charge in [0.15, 0.2) is 0 Å². The van der Waals surface area contributed by atoms with E-state index in [2.05, 4.69) is 15.9 Å². The van der Waals surface area contributed by atoms with Crippen LogP contribution in [-0.2, 0) is 0 Å². The average Bonchev–Trinajstić information content (AvgIpc) is 2.03. The Labute approximate surface area is 79.3 Å². The minimum Gasteiger partial charge on any atom is -0.328 e. The standard InChI is InChI=1S/C8H11BrN2O/c1-6(5-10)11-7(9)3-2-4-8(11)12/h2-4,6H,5,10H2,1H3. The average molecular weight is 231 g/mol. The second kappa shape index (κ2) is 3.87. The summed E-state index contributed by atoms with van der Waals surface area (Å²) >= 11 is 3.30. The normalized spacial score (nSPS) is 12.9. The van der Waals surface area contributed by atoms with Gasteiger partial charge in [-0.15, -0.1) is 0 Å². The zero-order chi connectivity index (χ0) is 9.14. The number of pyridine rings is 1. The highest BCUT2D eigenvalue weighted by Gasteiger charge is 2.06. The minimum atomic E-state index is -0.0256. The van der Waals surface area contributed by atoms with Crippen LogP contribution < -0.4 is 11.3 Å². The molecule has 1 atom stereocenters. The monoisotopic (exact) mass is 230 g/mol. The maximum Gasteiger partial charge on any atom is 0.251 e. The molecular weight excluding hydrogens is 220 g/mol. The smallest absolute Gasteiger partial charge is 0.251 e. The van der Waals surface area contributed by atoms with Gasteiger partial charge in [-0.05, 0) is 28.9 Å². The molecular formula is C8H11BrN2O. The van der Waals surface area contributed by atoms with E-state index in [0.717, 1.165) is 4.60 Å². The highest BCUT2D eigenvalue weighted by atomic mass is 79.9. The van der Waals surface area contributed by atoms with Crippen molar-refractivity contribution < 1.29 is 0 Å². The summed E-state index contributed by atoms with van der Waals surface area (Å²) in [5.41, 5.74) is 5.44. The van der Waals surface area contributed by atoms with Gasteiger partial charge in [-0.2, -0.15) is 0 Å². The zero-order valence-corrected chi connectivity index (χ0v) is 8.41. The van der Waals surface area contributed by atoms with Gasteiger partial charge in [0, 0.05) is 18.7 Å². The number of nitrogens with zero attached hydrogens (tertiary/aromatic N) is 1. The summed E-state index contributed by atoms with van der Waals surface area (Å²) in [6, 6.07) is 5.10. The molecule has 0 spiro atoms. The lowest BCUT2D eigenvalue weighted by atomic mass is 10.3. The molecule has 3 nitrogen and oxygen atoms in total. The van der Waals surface area contributed by atoms with Crippen molar-refractivity contribution in [3.05, 3.63) is 33.2 Å². The van der Waals surface area contributed by atoms with E-state index in [0.29, 0.717) is 6.54 Å². The number of hydrogen-bond acceptors (Lipinski definition) is 2. The Kier molecular flexibility index (Phi) is 3.05. The van der Waals surface area contributed by atoms with Crippen molar-refractivity contribution in [3.63, 3.8) is 0 Å². The molecule has 2 N–H and O–H groups in total. The van der Waals surface area contributed by atoms with Crippen LogP contribution in [0.1, 0.15) is 13.0 Å². The molecule has 0 radical (unpaired) electrons. The number of aromatic nitrogens is 1. The molecule has 1 heterocycles. The summed E-state index contributed by atoms with van der Waals surface area (Å²) in [4.78, 5) is 11.3. The molecule has 1 aromatic heterocycles. The Morgan fingerprint density at radius 1 is 1.67 bits per heavy atom. The molecule has 0 bridgehead atoms. The fourth-order valence-electron chi connectivity index (χ4n) is 1.01. The van der Waals surface area contributed by atoms with Crippen molar-refractivity contribution in [1.29, 1.82) is 0 Å². The Bertz CT molecular complexity index is 321. The van der Waals surface area contributed by atoms with E-state index in [4.69, 9.17) is 5.73 Å². The largest absolute Gasteiger partial charge is 0.328 e. The lowest BCUT2D eigenvalue weighted by molar-refractivity contribution is 0.530. The van der Waals surface area contributed by atoms with E-state index < -0.39 is 0 Å². The van der Waals surface area contributed by atoms with Gasteiger partial charge in [0.25, 0.3) is 5.56 Å². The molecule has 1 unspecified atom stereocenters. The summed E-state index contributed by atoms with van der Waals surface area (Å²) in [5, 5.41) is 0. The Morgan fingerprint density at radius 3 is 2.83 bits per heavy atom. The highest BCUT2D eigenvalue weighted by Crippen LogP contribution is 2.11. The fraction of sp³-hybridized carbons (Fsp3) is 0.375. The van der Waals surface area contributed by atoms with Crippen LogP contribution in [0.5, 0.6) is 0 Å². The summed E-state index contributed by atoms with van der Waals surface area (Å²) in [5.74, 6) is 0. The molecule has 0 saturated carbocycles. The van der Waals surface area contributed by atoms with Crippen LogP contribution in [0.2, 0.25) is 0 Å². The van der Waals surface area contributed by atoms with Gasteiger partial charge in [-0.1, -0.05) is 6.07 Å². The van der Waals surface area contributed by atoms with Crippen molar-refractivity contribution in [2.24, 2.45) is 5.73 Å². The summed E-state index contributed by atoms with van der Waals surface area (Å²) in [7, 11) is 0. The van der Waals surface area contributed by atoms with E-state index in [9.17, 15) is 4.79 Å². The lowest BCUT2D eigenvalue weighted by Crippen LogP contribution is -2.27. The molecule has 66 valence electrons. The molecule has 4 heteroatoms. The molecule has 0 fully saturated rings. The second-order valence-corrected chi connectivity index (χ2v) is 3.45. The van der Waals surface area contributed by atoms with Crippen LogP contribution in [0.3, 0.4) is 0 Å². The zero-order valence-electron chi connectivity index (χ0n) is 6.83. The quantitative estimate of drug-likeness (QED) is 0.775. The van der Waals surface area contributed by atoms with Crippen LogP contribution in [0.25, 0.3) is 0 Å². The van der Waals surface area contributed by atoms with Crippen LogP contribution in [-0.4, -0.2) is 11.1 Å². The van der Waals surface area contributed by atoms with E-state index in [-0.39, 0.29) is 11.6 Å². The topological polar surface area (TPSA) is 48.0 Å². The molecule has 12 heavy (non-hydrogen) atoms. The van der Waals surface area contributed by atoms with E-state index >= 15 is 0 Å². The number of hydrogen-bond donors (Lipinski definition) is 1. The maximum atomic E-state index is 11.3. The number of nitrogens with two attached hydrogens (primary N) is 1. The highest BCUT2D eigenvalue weighted by molar-refractivity contribution is 9.10. The van der Waals surface area contributed by atoms with Gasteiger partial charge in [0.2, 0.25) is 0 Å². The first-order valence-electron chi connectivity index (χ1n) is 3.74. The first kappa shape index (κ1) is 9.48. The van der Waals surface area contributed by atoms with Crippen LogP contribution in [0.15, 0.2) is 27.6 Å². The molecule has 0 aromatic carbocycles. The van der Waals surface area contributed by atoms with Crippen molar-refractivity contribution in [2.75, 3.05) is 6.54 Å². The first-order valence-corrected chi connectivity index (χ1v) is 4.53. The third kappa shape index (κ3) is 1.76. The Balaban J connectivity index is 3.21. The number of rotatable bonds is 2. The van der Waals surface area contributed by atoms with Crippen LogP contribution in [0, 0.1) is 0 Å². The van der Waals surface area contributed by atoms with Gasteiger partial charge >= 0.3 is 0 Å². The molecule has 0 saturated heterocycles. The summed E-state index contributed by atoms with van der Waals surface area (Å²) < 4.78 is 2.40. The molecule has 0 aliphatic heterocycles. The third-order valence-corrected chi connectivity index (χ3v) is 2.37. The predicted molar refractivity (Wildman–Crippen MR) is 52.2 cm³/mol. The lowest BCUT2D eigenvalue weighted by Gasteiger charge is -2.14. The number of halogens is 1. The van der Waals surface area contributed by atoms with Crippen molar-refractivity contribution >= 4 is 15.9 Å². The Hall–Kier alpha value is -0.610. The van der Waals surface area contributed by atoms with E-state index in [1.807, 2.05) is 13.0 Å². The van der Waals surface area contributed by atoms with Crippen molar-refractivity contribution in [1.82, 2.24) is 4.57 Å². The second-order valence-electron chi connectivity index (χ2n) is 2.64. The van der Waals surface area contributed by atoms with Gasteiger partial charge in [0.1, 0.15) is 0 Å². The van der Waals surface area contributed by atoms with Crippen molar-refractivity contribution in [3.8, 4) is 0 Å². The fourth-order valence-corrected chi connectivity index (χ4v) is 1.69. The van der Waals surface area contributed by atoms with Crippen LogP contribution >= 0.6 is 15.9 Å². The maximum absolute atomic E-state index is 11.3. The summed E-state index contributed by atoms with van der Waals surface area (Å²) in [6.45, 7) is 2.37. The van der Waals surface area contributed by atoms with Crippen molar-refractivity contribution in [2.45, 2.75) is 13.0 Å². The predicted octanol–water partition coefficient (Wildman–Crippen LogP) is 1.13. The summed E-state index contributed by atoms with van der Waals surface area (Å²) in [6.07, 6.45) is 0. The molecule has 1 aromatic rings. The van der Waals surface area contributed by atoms with Gasteiger partial charge < -0.3 is 5.73 Å². The first-order chi connectivity index (χ1) is 5.66. The molecule has 0 amide bonds. The van der Waals surface area contributed by atoms with Crippen LogP contribution in [0.4, 0.5) is 0 Å². The van der Waals surface area contributed by atoms with Gasteiger partial charge in [-0.3, -0.25) is 9.36 Å². The molecule has 0 aliphatic rings. The van der Waals surface area contributed by atoms with E-state index in [1.54, 1.807) is 10.6 Å². The third-order valence-electron chi connectivity index (χ3n) is 1.72. The van der Waals surface area contributed by atoms with Gasteiger partial charge in [0.05, 0.1) is 4.60 Å². The SMILES string of the molecule is CC(CN)n1c(Br)cccc1=O. The van der Waals surface area contributed by atoms with Gasteiger partial charge in [-0.25, -0.2) is 0 Å². The minimum absolute atomic E-state index is 0.0256. The molecule has 0 aliphatic carbocycles. The molecule has 1 rings (SSSR count). The van der Waals surface area contributed by atoms with E-state index in [1.165, 1.54) is 6.07 Å². The Morgan fingerprint density at radius 2 is 2.33 bits per heavy atom.